The molecule has 1 atom stereocenters. The summed E-state index contributed by atoms with van der Waals surface area (Å²) < 4.78 is 0. The van der Waals surface area contributed by atoms with Crippen LogP contribution in [0.25, 0.3) is 21.8 Å². The van der Waals surface area contributed by atoms with E-state index in [-0.39, 0.29) is 24.0 Å². The van der Waals surface area contributed by atoms with E-state index in [9.17, 15) is 9.90 Å². The van der Waals surface area contributed by atoms with Crippen molar-refractivity contribution in [3.8, 4) is 0 Å². The normalized spacial score (nSPS) is 19.6. The van der Waals surface area contributed by atoms with E-state index in [0.717, 1.165) is 40.6 Å². The molecule has 1 fully saturated rings. The number of imidazole rings is 1. The molecule has 7 nitrogen and oxygen atoms in total. The fourth-order valence-corrected chi connectivity index (χ4v) is 4.92. The van der Waals surface area contributed by atoms with Gasteiger partial charge in [-0.25, -0.2) is 9.97 Å². The van der Waals surface area contributed by atoms with Crippen molar-refractivity contribution in [2.75, 3.05) is 0 Å². The minimum Gasteiger partial charge on any atom is -0.393 e. The molecule has 5 rings (SSSR count). The lowest BCUT2D eigenvalue weighted by molar-refractivity contribution is 0.0864. The van der Waals surface area contributed by atoms with Gasteiger partial charge >= 0.3 is 0 Å². The van der Waals surface area contributed by atoms with Crippen LogP contribution in [0.3, 0.4) is 0 Å². The summed E-state index contributed by atoms with van der Waals surface area (Å²) in [6.45, 7) is 2.08. The summed E-state index contributed by atoms with van der Waals surface area (Å²) in [6.07, 6.45) is 6.72. The molecule has 3 aromatic heterocycles. The summed E-state index contributed by atoms with van der Waals surface area (Å²) in [4.78, 5) is 30.2. The van der Waals surface area contributed by atoms with Crippen molar-refractivity contribution < 1.29 is 9.90 Å². The predicted octanol–water partition coefficient (Wildman–Crippen LogP) is 4.54. The molecule has 0 bridgehead atoms. The van der Waals surface area contributed by atoms with Gasteiger partial charge in [-0.1, -0.05) is 30.7 Å². The van der Waals surface area contributed by atoms with Crippen LogP contribution in [0.1, 0.15) is 60.4 Å². The molecule has 1 aromatic carbocycles. The molecule has 1 amide bonds. The van der Waals surface area contributed by atoms with Gasteiger partial charge in [-0.05, 0) is 49.3 Å². The summed E-state index contributed by atoms with van der Waals surface area (Å²) in [5.74, 6) is -0.212. The van der Waals surface area contributed by atoms with Crippen molar-refractivity contribution in [2.45, 2.75) is 57.1 Å². The lowest BCUT2D eigenvalue weighted by atomic mass is 9.93. The molecule has 33 heavy (non-hydrogen) atoms. The van der Waals surface area contributed by atoms with Crippen LogP contribution < -0.4 is 5.32 Å². The van der Waals surface area contributed by atoms with E-state index < -0.39 is 0 Å². The van der Waals surface area contributed by atoms with Crippen LogP contribution in [-0.2, 0) is 6.42 Å². The number of hydrogen-bond donors (Lipinski definition) is 3. The third-order valence-electron chi connectivity index (χ3n) is 6.49. The highest BCUT2D eigenvalue weighted by molar-refractivity contribution is 6.36. The maximum Gasteiger partial charge on any atom is 0.270 e. The Labute approximate surface area is 196 Å². The van der Waals surface area contributed by atoms with Gasteiger partial charge in [0.1, 0.15) is 11.2 Å². The number of fused-ring (bicyclic) bond motifs is 2. The second-order valence-corrected chi connectivity index (χ2v) is 9.28. The van der Waals surface area contributed by atoms with Crippen LogP contribution in [0.4, 0.5) is 0 Å². The molecule has 3 heterocycles. The first kappa shape index (κ1) is 21.8. The zero-order chi connectivity index (χ0) is 22.9. The Hall–Kier alpha value is -3.03. The minimum absolute atomic E-state index is 0.0135. The van der Waals surface area contributed by atoms with E-state index in [0.29, 0.717) is 35.4 Å². The van der Waals surface area contributed by atoms with Crippen molar-refractivity contribution in [1.82, 2.24) is 25.3 Å². The number of nitrogens with one attached hydrogen (secondary N) is 2. The van der Waals surface area contributed by atoms with Crippen molar-refractivity contribution in [3.63, 3.8) is 0 Å². The number of carbonyl (C=O) groups is 1. The Bertz CT molecular complexity index is 1310. The molecule has 1 aliphatic rings. The maximum atomic E-state index is 13.3. The van der Waals surface area contributed by atoms with Gasteiger partial charge in [0.2, 0.25) is 0 Å². The topological polar surface area (TPSA) is 104 Å². The highest BCUT2D eigenvalue weighted by Crippen LogP contribution is 2.31. The molecule has 0 unspecified atom stereocenters. The lowest BCUT2D eigenvalue weighted by Crippen LogP contribution is -2.39. The molecule has 0 spiro atoms. The largest absolute Gasteiger partial charge is 0.393 e. The molecular formula is C25H26ClN5O2. The summed E-state index contributed by atoms with van der Waals surface area (Å²) in [7, 11) is 0. The van der Waals surface area contributed by atoms with Gasteiger partial charge in [0.15, 0.2) is 0 Å². The average Bonchev–Trinajstić information content (AvgIpc) is 3.30. The summed E-state index contributed by atoms with van der Waals surface area (Å²) in [5.41, 5.74) is 3.84. The van der Waals surface area contributed by atoms with Gasteiger partial charge in [-0.2, -0.15) is 0 Å². The van der Waals surface area contributed by atoms with Crippen molar-refractivity contribution in [3.05, 3.63) is 65.0 Å². The first-order chi connectivity index (χ1) is 16.0. The molecule has 4 aromatic rings. The Kier molecular flexibility index (Phi) is 6.00. The number of hydrogen-bond acceptors (Lipinski definition) is 5. The Balaban J connectivity index is 1.48. The number of aromatic nitrogens is 4. The van der Waals surface area contributed by atoms with E-state index in [1.165, 1.54) is 0 Å². The Morgan fingerprint density at radius 1 is 1.24 bits per heavy atom. The van der Waals surface area contributed by atoms with Gasteiger partial charge < -0.3 is 15.4 Å². The van der Waals surface area contributed by atoms with Crippen molar-refractivity contribution >= 4 is 39.3 Å². The maximum absolute atomic E-state index is 13.3. The van der Waals surface area contributed by atoms with E-state index in [1.54, 1.807) is 18.6 Å². The number of halogens is 1. The van der Waals surface area contributed by atoms with Crippen LogP contribution >= 0.6 is 11.6 Å². The number of H-pyrrole nitrogens is 1. The lowest BCUT2D eigenvalue weighted by Gasteiger charge is -2.26. The number of nitrogens with zero attached hydrogens (tertiary/aromatic N) is 3. The van der Waals surface area contributed by atoms with Crippen LogP contribution in [0.15, 0.2) is 42.9 Å². The molecular weight excluding hydrogens is 438 g/mol. The monoisotopic (exact) mass is 463 g/mol. The molecule has 8 heteroatoms. The third kappa shape index (κ3) is 4.43. The Morgan fingerprint density at radius 3 is 2.88 bits per heavy atom. The van der Waals surface area contributed by atoms with E-state index in [2.05, 4.69) is 27.2 Å². The molecule has 0 saturated heterocycles. The number of aliphatic hydroxyl groups is 1. The summed E-state index contributed by atoms with van der Waals surface area (Å²) in [5, 5.41) is 14.9. The number of aliphatic hydroxyl groups excluding tert-OH is 1. The average molecular weight is 464 g/mol. The fourth-order valence-electron chi connectivity index (χ4n) is 4.65. The number of amides is 1. The number of carbonyl (C=O) groups excluding carboxylic acids is 1. The zero-order valence-corrected chi connectivity index (χ0v) is 19.1. The van der Waals surface area contributed by atoms with Gasteiger partial charge in [-0.3, -0.25) is 9.78 Å². The fraction of sp³-hybridized carbons (Fsp3) is 0.360. The smallest absolute Gasteiger partial charge is 0.270 e. The summed E-state index contributed by atoms with van der Waals surface area (Å²) in [6, 6.07) is 9.56. The van der Waals surface area contributed by atoms with Gasteiger partial charge in [0.25, 0.3) is 5.91 Å². The van der Waals surface area contributed by atoms with Crippen LogP contribution in [0.5, 0.6) is 0 Å². The van der Waals surface area contributed by atoms with E-state index in [4.69, 9.17) is 16.6 Å². The highest BCUT2D eigenvalue weighted by Gasteiger charge is 2.24. The van der Waals surface area contributed by atoms with E-state index in [1.807, 2.05) is 24.3 Å². The Morgan fingerprint density at radius 2 is 2.06 bits per heavy atom. The first-order valence-corrected chi connectivity index (χ1v) is 11.7. The first-order valence-electron chi connectivity index (χ1n) is 11.3. The SMILES string of the molecule is C[C@H](Cc1nccc2[nH]cnc12)c1cc2cccc(Cl)c2c(C(=O)NC2CCC(O)CC2)n1. The van der Waals surface area contributed by atoms with Crippen LogP contribution in [0, 0.1) is 0 Å². The molecule has 1 saturated carbocycles. The predicted molar refractivity (Wildman–Crippen MR) is 128 cm³/mol. The second-order valence-electron chi connectivity index (χ2n) is 8.87. The quantitative estimate of drug-likeness (QED) is 0.403. The summed E-state index contributed by atoms with van der Waals surface area (Å²) >= 11 is 6.51. The second kappa shape index (κ2) is 9.08. The number of rotatable bonds is 5. The zero-order valence-electron chi connectivity index (χ0n) is 18.4. The van der Waals surface area contributed by atoms with Gasteiger partial charge in [-0.15, -0.1) is 0 Å². The van der Waals surface area contributed by atoms with Crippen LogP contribution in [0.2, 0.25) is 5.02 Å². The highest BCUT2D eigenvalue weighted by atomic mass is 35.5. The van der Waals surface area contributed by atoms with Gasteiger partial charge in [0.05, 0.1) is 28.7 Å². The minimum atomic E-state index is -0.275. The molecule has 1 aliphatic carbocycles. The van der Waals surface area contributed by atoms with E-state index >= 15 is 0 Å². The number of pyridine rings is 2. The van der Waals surface area contributed by atoms with Crippen LogP contribution in [-0.4, -0.2) is 43.1 Å². The standard InChI is InChI=1S/C25H26ClN5O2/c1-14(11-21-23-19(9-10-27-21)28-13-29-23)20-12-15-3-2-4-18(26)22(15)24(31-20)25(33)30-16-5-7-17(32)8-6-16/h2-4,9-10,12-14,16-17,32H,5-8,11H2,1H3,(H,28,29)(H,30,33)/t14-,16?,17?/m1/s1. The van der Waals surface area contributed by atoms with Crippen molar-refractivity contribution in [1.29, 1.82) is 0 Å². The third-order valence-corrected chi connectivity index (χ3v) is 6.81. The molecule has 0 aliphatic heterocycles. The molecule has 3 N–H and O–H groups in total. The molecule has 170 valence electrons. The molecule has 0 radical (unpaired) electrons. The number of benzene rings is 1. The van der Waals surface area contributed by atoms with Crippen molar-refractivity contribution in [2.24, 2.45) is 0 Å². The number of aromatic amines is 1. The van der Waals surface area contributed by atoms with Gasteiger partial charge in [0, 0.05) is 35.7 Å².